The first-order valence-corrected chi connectivity index (χ1v) is 10.1. The molecule has 2 unspecified atom stereocenters. The van der Waals surface area contributed by atoms with Gasteiger partial charge in [0.25, 0.3) is 5.91 Å². The third kappa shape index (κ3) is 4.08. The molecule has 0 aromatic heterocycles. The molecule has 1 N–H and O–H groups in total. The van der Waals surface area contributed by atoms with E-state index in [-0.39, 0.29) is 24.5 Å². The highest BCUT2D eigenvalue weighted by Gasteiger charge is 2.45. The SMILES string of the molecule is Cc1ccccc1OCC(=O)NC1CN(S(C)(=O)=O)CC1C1CC1. The number of benzene rings is 1. The molecule has 24 heavy (non-hydrogen) atoms. The second-order valence-corrected chi connectivity index (χ2v) is 8.79. The molecule has 0 spiro atoms. The number of hydrogen-bond donors (Lipinski definition) is 1. The number of aryl methyl sites for hydroxylation is 1. The van der Waals surface area contributed by atoms with Crippen LogP contribution in [0.5, 0.6) is 5.75 Å². The number of rotatable bonds is 6. The van der Waals surface area contributed by atoms with Crippen LogP contribution in [0, 0.1) is 18.8 Å². The minimum absolute atomic E-state index is 0.0579. The molecule has 1 heterocycles. The zero-order valence-corrected chi connectivity index (χ0v) is 14.9. The molecule has 1 aromatic carbocycles. The van der Waals surface area contributed by atoms with Gasteiger partial charge < -0.3 is 10.1 Å². The fourth-order valence-electron chi connectivity index (χ4n) is 3.33. The average molecular weight is 352 g/mol. The maximum atomic E-state index is 12.2. The third-order valence-corrected chi connectivity index (χ3v) is 6.06. The first kappa shape index (κ1) is 17.2. The lowest BCUT2D eigenvalue weighted by molar-refractivity contribution is -0.124. The van der Waals surface area contributed by atoms with E-state index >= 15 is 0 Å². The first-order valence-electron chi connectivity index (χ1n) is 8.27. The van der Waals surface area contributed by atoms with Gasteiger partial charge in [0.1, 0.15) is 5.75 Å². The number of sulfonamides is 1. The van der Waals surface area contributed by atoms with E-state index in [0.29, 0.717) is 24.8 Å². The van der Waals surface area contributed by atoms with Gasteiger partial charge in [-0.2, -0.15) is 4.31 Å². The van der Waals surface area contributed by atoms with Crippen LogP contribution in [0.25, 0.3) is 0 Å². The predicted molar refractivity (Wildman–Crippen MR) is 91.2 cm³/mol. The van der Waals surface area contributed by atoms with E-state index in [4.69, 9.17) is 4.74 Å². The van der Waals surface area contributed by atoms with E-state index in [0.717, 1.165) is 18.4 Å². The van der Waals surface area contributed by atoms with Gasteiger partial charge >= 0.3 is 0 Å². The van der Waals surface area contributed by atoms with Gasteiger partial charge in [-0.3, -0.25) is 4.79 Å². The van der Waals surface area contributed by atoms with Crippen molar-refractivity contribution in [3.05, 3.63) is 29.8 Å². The summed E-state index contributed by atoms with van der Waals surface area (Å²) in [7, 11) is -3.22. The predicted octanol–water partition coefficient (Wildman–Crippen LogP) is 1.16. The van der Waals surface area contributed by atoms with Gasteiger partial charge in [0.2, 0.25) is 10.0 Å². The van der Waals surface area contributed by atoms with E-state index < -0.39 is 10.0 Å². The Balaban J connectivity index is 1.57. The summed E-state index contributed by atoms with van der Waals surface area (Å²) < 4.78 is 30.6. The zero-order valence-electron chi connectivity index (χ0n) is 14.1. The molecule has 2 atom stereocenters. The lowest BCUT2D eigenvalue weighted by Crippen LogP contribution is -2.43. The van der Waals surface area contributed by atoms with Gasteiger partial charge in [-0.1, -0.05) is 18.2 Å². The van der Waals surface area contributed by atoms with Crippen LogP contribution in [0.1, 0.15) is 18.4 Å². The van der Waals surface area contributed by atoms with Gasteiger partial charge in [-0.25, -0.2) is 8.42 Å². The van der Waals surface area contributed by atoms with Crippen molar-refractivity contribution in [2.24, 2.45) is 11.8 Å². The molecule has 7 heteroatoms. The largest absolute Gasteiger partial charge is 0.484 e. The fraction of sp³-hybridized carbons (Fsp3) is 0.588. The van der Waals surface area contributed by atoms with E-state index in [9.17, 15) is 13.2 Å². The lowest BCUT2D eigenvalue weighted by atomic mass is 9.98. The van der Waals surface area contributed by atoms with E-state index in [1.54, 1.807) is 0 Å². The van der Waals surface area contributed by atoms with Crippen LogP contribution in [0.15, 0.2) is 24.3 Å². The highest BCUT2D eigenvalue weighted by Crippen LogP contribution is 2.41. The number of amides is 1. The summed E-state index contributed by atoms with van der Waals surface area (Å²) in [4.78, 5) is 12.2. The summed E-state index contributed by atoms with van der Waals surface area (Å²) in [5.74, 6) is 1.22. The minimum atomic E-state index is -3.22. The van der Waals surface area contributed by atoms with Crippen molar-refractivity contribution in [3.8, 4) is 5.75 Å². The number of nitrogens with one attached hydrogen (secondary N) is 1. The van der Waals surface area contributed by atoms with Crippen molar-refractivity contribution in [1.82, 2.24) is 9.62 Å². The summed E-state index contributed by atoms with van der Waals surface area (Å²) in [6.07, 6.45) is 3.46. The van der Waals surface area contributed by atoms with Crippen LogP contribution in [0.3, 0.4) is 0 Å². The molecule has 2 aliphatic rings. The van der Waals surface area contributed by atoms with Gasteiger partial charge in [-0.05, 0) is 43.2 Å². The lowest BCUT2D eigenvalue weighted by Gasteiger charge is -2.19. The van der Waals surface area contributed by atoms with Crippen molar-refractivity contribution in [2.45, 2.75) is 25.8 Å². The molecule has 1 aromatic rings. The molecule has 1 aliphatic carbocycles. The first-order chi connectivity index (χ1) is 11.3. The monoisotopic (exact) mass is 352 g/mol. The molecular formula is C17H24N2O4S. The number of carbonyl (C=O) groups is 1. The number of hydrogen-bond acceptors (Lipinski definition) is 4. The highest BCUT2D eigenvalue weighted by atomic mass is 32.2. The molecule has 3 rings (SSSR count). The van der Waals surface area contributed by atoms with Gasteiger partial charge in [0, 0.05) is 19.1 Å². The van der Waals surface area contributed by atoms with Crippen molar-refractivity contribution < 1.29 is 17.9 Å². The smallest absolute Gasteiger partial charge is 0.258 e. The van der Waals surface area contributed by atoms with E-state index in [1.165, 1.54) is 10.6 Å². The molecule has 1 saturated heterocycles. The number of para-hydroxylation sites is 1. The van der Waals surface area contributed by atoms with Crippen LogP contribution in [0.2, 0.25) is 0 Å². The van der Waals surface area contributed by atoms with Crippen molar-refractivity contribution in [1.29, 1.82) is 0 Å². The molecular weight excluding hydrogens is 328 g/mol. The molecule has 0 bridgehead atoms. The Hall–Kier alpha value is -1.60. The van der Waals surface area contributed by atoms with Gasteiger partial charge in [0.15, 0.2) is 6.61 Å². The third-order valence-electron chi connectivity index (χ3n) is 4.83. The molecule has 1 amide bonds. The second kappa shape index (κ2) is 6.72. The summed E-state index contributed by atoms with van der Waals surface area (Å²) >= 11 is 0. The highest BCUT2D eigenvalue weighted by molar-refractivity contribution is 7.88. The number of carbonyl (C=O) groups excluding carboxylic acids is 1. The summed E-state index contributed by atoms with van der Waals surface area (Å²) in [6, 6.07) is 7.42. The van der Waals surface area contributed by atoms with E-state index in [2.05, 4.69) is 5.32 Å². The molecule has 2 fully saturated rings. The number of nitrogens with zero attached hydrogens (tertiary/aromatic N) is 1. The maximum Gasteiger partial charge on any atom is 0.258 e. The quantitative estimate of drug-likeness (QED) is 0.834. The Labute approximate surface area is 143 Å². The van der Waals surface area contributed by atoms with Crippen LogP contribution in [0.4, 0.5) is 0 Å². The van der Waals surface area contributed by atoms with Gasteiger partial charge in [0.05, 0.1) is 6.26 Å². The zero-order chi connectivity index (χ0) is 17.3. The average Bonchev–Trinajstić information content (AvgIpc) is 3.26. The summed E-state index contributed by atoms with van der Waals surface area (Å²) in [5.41, 5.74) is 0.977. The van der Waals surface area contributed by atoms with Crippen LogP contribution < -0.4 is 10.1 Å². The molecule has 6 nitrogen and oxygen atoms in total. The van der Waals surface area contributed by atoms with Crippen LogP contribution >= 0.6 is 0 Å². The Morgan fingerprint density at radius 3 is 2.62 bits per heavy atom. The summed E-state index contributed by atoms with van der Waals surface area (Å²) in [6.45, 7) is 2.73. The Morgan fingerprint density at radius 1 is 1.29 bits per heavy atom. The second-order valence-electron chi connectivity index (χ2n) is 6.81. The van der Waals surface area contributed by atoms with Crippen molar-refractivity contribution in [3.63, 3.8) is 0 Å². The van der Waals surface area contributed by atoms with Crippen LogP contribution in [-0.2, 0) is 14.8 Å². The van der Waals surface area contributed by atoms with Gasteiger partial charge in [-0.15, -0.1) is 0 Å². The minimum Gasteiger partial charge on any atom is -0.484 e. The molecule has 1 saturated carbocycles. The molecule has 132 valence electrons. The normalized spacial score (nSPS) is 24.8. The summed E-state index contributed by atoms with van der Waals surface area (Å²) in [5, 5.41) is 2.97. The molecule has 1 aliphatic heterocycles. The Bertz CT molecular complexity index is 715. The number of ether oxygens (including phenoxy) is 1. The topological polar surface area (TPSA) is 75.7 Å². The van der Waals surface area contributed by atoms with E-state index in [1.807, 2.05) is 31.2 Å². The maximum absolute atomic E-state index is 12.2. The fourth-order valence-corrected chi connectivity index (χ4v) is 4.20. The van der Waals surface area contributed by atoms with Crippen LogP contribution in [-0.4, -0.2) is 50.6 Å². The Morgan fingerprint density at radius 2 is 2.00 bits per heavy atom. The standard InChI is InChI=1S/C17H24N2O4S/c1-12-5-3-4-6-16(12)23-11-17(20)18-15-10-19(24(2,21)22)9-14(15)13-7-8-13/h3-6,13-15H,7-11H2,1-2H3,(H,18,20). The van der Waals surface area contributed by atoms with Crippen molar-refractivity contribution in [2.75, 3.05) is 26.0 Å². The van der Waals surface area contributed by atoms with Crippen molar-refractivity contribution >= 4 is 15.9 Å². The molecule has 0 radical (unpaired) electrons. The Kier molecular flexibility index (Phi) is 4.83.